The third kappa shape index (κ3) is 4.91. The molecule has 1 heterocycles. The summed E-state index contributed by atoms with van der Waals surface area (Å²) in [7, 11) is 0. The van der Waals surface area contributed by atoms with Crippen molar-refractivity contribution in [3.63, 3.8) is 0 Å². The first-order valence-electron chi connectivity index (χ1n) is 6.47. The van der Waals surface area contributed by atoms with Gasteiger partial charge in [-0.1, -0.05) is 13.8 Å². The van der Waals surface area contributed by atoms with E-state index in [1.54, 1.807) is 4.90 Å². The van der Waals surface area contributed by atoms with Gasteiger partial charge in [0.15, 0.2) is 0 Å². The predicted octanol–water partition coefficient (Wildman–Crippen LogP) is 0.348. The highest BCUT2D eigenvalue weighted by molar-refractivity contribution is 5.76. The molecule has 0 aromatic heterocycles. The van der Waals surface area contributed by atoms with Crippen LogP contribution in [0.5, 0.6) is 0 Å². The molecule has 0 saturated carbocycles. The molecule has 0 aromatic rings. The zero-order chi connectivity index (χ0) is 13.5. The van der Waals surface area contributed by atoms with Crippen molar-refractivity contribution < 1.29 is 14.7 Å². The van der Waals surface area contributed by atoms with E-state index in [2.05, 4.69) is 10.6 Å². The van der Waals surface area contributed by atoms with Crippen LogP contribution >= 0.6 is 0 Å². The maximum atomic E-state index is 11.8. The summed E-state index contributed by atoms with van der Waals surface area (Å²) in [4.78, 5) is 24.6. The Balaban J connectivity index is 2.36. The molecule has 3 N–H and O–H groups in total. The maximum Gasteiger partial charge on any atom is 0.317 e. The van der Waals surface area contributed by atoms with Gasteiger partial charge in [0.2, 0.25) is 0 Å². The Kier molecular flexibility index (Phi) is 5.91. The van der Waals surface area contributed by atoms with E-state index in [1.807, 2.05) is 13.8 Å². The Hall–Kier alpha value is -1.30. The second-order valence-corrected chi connectivity index (χ2v) is 5.09. The molecule has 1 atom stereocenters. The summed E-state index contributed by atoms with van der Waals surface area (Å²) in [6, 6.07) is -0.161. The van der Waals surface area contributed by atoms with Crippen molar-refractivity contribution in [3.05, 3.63) is 0 Å². The standard InChI is InChI=1S/C12H23N3O3/c1-9(2)7-10(11(16)17)8-14-12(18)15-5-3-13-4-6-15/h9-10,13H,3-8H2,1-2H3,(H,14,18)(H,16,17). The molecule has 0 aromatic carbocycles. The Morgan fingerprint density at radius 1 is 1.33 bits per heavy atom. The number of carboxylic acids is 1. The monoisotopic (exact) mass is 257 g/mol. The lowest BCUT2D eigenvalue weighted by molar-refractivity contribution is -0.142. The van der Waals surface area contributed by atoms with Gasteiger partial charge >= 0.3 is 12.0 Å². The highest BCUT2D eigenvalue weighted by atomic mass is 16.4. The smallest absolute Gasteiger partial charge is 0.317 e. The van der Waals surface area contributed by atoms with Crippen molar-refractivity contribution in [2.45, 2.75) is 20.3 Å². The van der Waals surface area contributed by atoms with Gasteiger partial charge in [0.1, 0.15) is 0 Å². The third-order valence-electron chi connectivity index (χ3n) is 3.01. The SMILES string of the molecule is CC(C)CC(CNC(=O)N1CCNCC1)C(=O)O. The molecule has 1 aliphatic rings. The predicted molar refractivity (Wildman–Crippen MR) is 68.4 cm³/mol. The molecule has 1 saturated heterocycles. The van der Waals surface area contributed by atoms with Gasteiger partial charge in [0, 0.05) is 32.7 Å². The van der Waals surface area contributed by atoms with Crippen LogP contribution in [0.4, 0.5) is 4.79 Å². The summed E-state index contributed by atoms with van der Waals surface area (Å²) in [5, 5.41) is 15.0. The normalized spacial score (nSPS) is 17.6. The lowest BCUT2D eigenvalue weighted by Gasteiger charge is -2.28. The van der Waals surface area contributed by atoms with Crippen LogP contribution in [0.3, 0.4) is 0 Å². The van der Waals surface area contributed by atoms with Gasteiger partial charge in [0.25, 0.3) is 0 Å². The summed E-state index contributed by atoms with van der Waals surface area (Å²) < 4.78 is 0. The fourth-order valence-corrected chi connectivity index (χ4v) is 2.03. The van der Waals surface area contributed by atoms with E-state index in [9.17, 15) is 9.59 Å². The highest BCUT2D eigenvalue weighted by Crippen LogP contribution is 2.11. The van der Waals surface area contributed by atoms with E-state index in [-0.39, 0.29) is 12.6 Å². The number of nitrogens with zero attached hydrogens (tertiary/aromatic N) is 1. The second-order valence-electron chi connectivity index (χ2n) is 5.09. The molecule has 0 bridgehead atoms. The molecule has 0 spiro atoms. The summed E-state index contributed by atoms with van der Waals surface area (Å²) >= 11 is 0. The van der Waals surface area contributed by atoms with Gasteiger partial charge < -0.3 is 20.6 Å². The van der Waals surface area contributed by atoms with E-state index >= 15 is 0 Å². The quantitative estimate of drug-likeness (QED) is 0.663. The summed E-state index contributed by atoms with van der Waals surface area (Å²) in [6.45, 7) is 7.10. The number of urea groups is 1. The maximum absolute atomic E-state index is 11.8. The number of rotatable bonds is 5. The molecular weight excluding hydrogens is 234 g/mol. The van der Waals surface area contributed by atoms with E-state index in [1.165, 1.54) is 0 Å². The first-order valence-corrected chi connectivity index (χ1v) is 6.47. The Morgan fingerprint density at radius 2 is 1.94 bits per heavy atom. The van der Waals surface area contributed by atoms with Crippen LogP contribution in [0.15, 0.2) is 0 Å². The fraction of sp³-hybridized carbons (Fsp3) is 0.833. The summed E-state index contributed by atoms with van der Waals surface area (Å²) in [5.41, 5.74) is 0. The highest BCUT2D eigenvalue weighted by Gasteiger charge is 2.22. The largest absolute Gasteiger partial charge is 0.481 e. The van der Waals surface area contributed by atoms with Gasteiger partial charge in [-0.15, -0.1) is 0 Å². The third-order valence-corrected chi connectivity index (χ3v) is 3.01. The number of carboxylic acid groups (broad SMARTS) is 1. The van der Waals surface area contributed by atoms with E-state index < -0.39 is 11.9 Å². The minimum absolute atomic E-state index is 0.161. The van der Waals surface area contributed by atoms with Crippen LogP contribution in [0.2, 0.25) is 0 Å². The van der Waals surface area contributed by atoms with Crippen LogP contribution in [-0.4, -0.2) is 54.7 Å². The Labute approximate surface area is 108 Å². The summed E-state index contributed by atoms with van der Waals surface area (Å²) in [6.07, 6.45) is 0.581. The number of piperazine rings is 1. The minimum atomic E-state index is -0.843. The van der Waals surface area contributed by atoms with Crippen molar-refractivity contribution in [2.75, 3.05) is 32.7 Å². The summed E-state index contributed by atoms with van der Waals surface area (Å²) in [5.74, 6) is -1.04. The number of hydrogen-bond donors (Lipinski definition) is 3. The number of aliphatic carboxylic acids is 1. The number of hydrogen-bond acceptors (Lipinski definition) is 3. The van der Waals surface area contributed by atoms with Crippen LogP contribution in [0, 0.1) is 11.8 Å². The second kappa shape index (κ2) is 7.20. The first-order chi connectivity index (χ1) is 8.50. The molecule has 104 valence electrons. The number of carbonyl (C=O) groups excluding carboxylic acids is 1. The fourth-order valence-electron chi connectivity index (χ4n) is 2.03. The number of carbonyl (C=O) groups is 2. The van der Waals surface area contributed by atoms with Gasteiger partial charge in [-0.25, -0.2) is 4.79 Å². The van der Waals surface area contributed by atoms with Crippen LogP contribution in [0.1, 0.15) is 20.3 Å². The van der Waals surface area contributed by atoms with Crippen LogP contribution in [-0.2, 0) is 4.79 Å². The lowest BCUT2D eigenvalue weighted by atomic mass is 9.97. The molecule has 0 radical (unpaired) electrons. The Bertz CT molecular complexity index is 288. The Morgan fingerprint density at radius 3 is 2.44 bits per heavy atom. The average molecular weight is 257 g/mol. The average Bonchev–Trinajstić information content (AvgIpc) is 2.34. The number of amides is 2. The van der Waals surface area contributed by atoms with Crippen molar-refractivity contribution >= 4 is 12.0 Å². The van der Waals surface area contributed by atoms with Crippen molar-refractivity contribution in [2.24, 2.45) is 11.8 Å². The van der Waals surface area contributed by atoms with Gasteiger partial charge in [0.05, 0.1) is 5.92 Å². The minimum Gasteiger partial charge on any atom is -0.481 e. The topological polar surface area (TPSA) is 81.7 Å². The molecule has 6 heteroatoms. The van der Waals surface area contributed by atoms with E-state index in [4.69, 9.17) is 5.11 Å². The van der Waals surface area contributed by atoms with E-state index in [0.29, 0.717) is 25.4 Å². The van der Waals surface area contributed by atoms with Crippen molar-refractivity contribution in [1.82, 2.24) is 15.5 Å². The lowest BCUT2D eigenvalue weighted by Crippen LogP contribution is -2.51. The van der Waals surface area contributed by atoms with E-state index in [0.717, 1.165) is 13.1 Å². The molecule has 18 heavy (non-hydrogen) atoms. The molecule has 1 unspecified atom stereocenters. The first kappa shape index (κ1) is 14.8. The number of nitrogens with one attached hydrogen (secondary N) is 2. The van der Waals surface area contributed by atoms with Crippen molar-refractivity contribution in [3.8, 4) is 0 Å². The molecule has 1 rings (SSSR count). The molecule has 1 fully saturated rings. The van der Waals surface area contributed by atoms with Crippen LogP contribution < -0.4 is 10.6 Å². The zero-order valence-corrected chi connectivity index (χ0v) is 11.1. The van der Waals surface area contributed by atoms with Gasteiger partial charge in [-0.3, -0.25) is 4.79 Å². The molecule has 2 amide bonds. The molecule has 6 nitrogen and oxygen atoms in total. The molecule has 0 aliphatic carbocycles. The molecule has 1 aliphatic heterocycles. The zero-order valence-electron chi connectivity index (χ0n) is 11.1. The molecular formula is C12H23N3O3. The van der Waals surface area contributed by atoms with Gasteiger partial charge in [-0.2, -0.15) is 0 Å². The van der Waals surface area contributed by atoms with Gasteiger partial charge in [-0.05, 0) is 12.3 Å². The van der Waals surface area contributed by atoms with Crippen LogP contribution in [0.25, 0.3) is 0 Å². The van der Waals surface area contributed by atoms with Crippen molar-refractivity contribution in [1.29, 1.82) is 0 Å².